The van der Waals surface area contributed by atoms with Gasteiger partial charge < -0.3 is 9.72 Å². The molecule has 0 aliphatic heterocycles. The number of carbonyl (C=O) groups is 2. The summed E-state index contributed by atoms with van der Waals surface area (Å²) in [4.78, 5) is 28.8. The minimum atomic E-state index is -0.432. The number of allylic oxidation sites excluding steroid dienone is 5. The highest BCUT2D eigenvalue weighted by molar-refractivity contribution is 8.06. The number of ketones is 1. The predicted octanol–water partition coefficient (Wildman–Crippen LogP) is 7.16. The number of aromatic nitrogens is 1. The molecule has 0 aliphatic rings. The monoisotopic (exact) mass is 441 g/mol. The largest absolute Gasteiger partial charge is 0.465 e. The van der Waals surface area contributed by atoms with Crippen LogP contribution < -0.4 is 0 Å². The molecule has 1 N–H and O–H groups in total. The van der Waals surface area contributed by atoms with E-state index in [1.54, 1.807) is 6.08 Å². The maximum absolute atomic E-state index is 12.5. The Balaban J connectivity index is 3.37. The number of rotatable bonds is 11. The van der Waals surface area contributed by atoms with Crippen molar-refractivity contribution in [2.45, 2.75) is 60.8 Å². The summed E-state index contributed by atoms with van der Waals surface area (Å²) in [7, 11) is 1.36. The molecule has 0 aliphatic carbocycles. The fourth-order valence-electron chi connectivity index (χ4n) is 2.99. The first-order valence-electron chi connectivity index (χ1n) is 10.7. The normalized spacial score (nSPS) is 13.8. The van der Waals surface area contributed by atoms with Gasteiger partial charge in [-0.15, -0.1) is 0 Å². The smallest absolute Gasteiger partial charge is 0.337 e. The molecule has 31 heavy (non-hydrogen) atoms. The molecule has 4 nitrogen and oxygen atoms in total. The van der Waals surface area contributed by atoms with Gasteiger partial charge in [0.05, 0.1) is 12.7 Å². The zero-order valence-corrected chi connectivity index (χ0v) is 20.6. The van der Waals surface area contributed by atoms with Gasteiger partial charge in [0.15, 0.2) is 5.78 Å². The standard InChI is InChI=1S/C26H35NO3S/c1-8-11-14-21(26(29)30-7)15-23(20(6)28)25(13-10-3)31-17-18(4)24-16-27-19(5)22(24)12-9-2/h9,12-17,27H,8,10-11H2,1-7H3/b12-9-,18-17+,21-14+,23-15+,25-13-. The Morgan fingerprint density at radius 3 is 2.45 bits per heavy atom. The molecule has 0 fully saturated rings. The first-order valence-corrected chi connectivity index (χ1v) is 11.5. The molecule has 5 heteroatoms. The summed E-state index contributed by atoms with van der Waals surface area (Å²) in [5.74, 6) is -0.518. The first-order chi connectivity index (χ1) is 14.8. The van der Waals surface area contributed by atoms with Crippen molar-refractivity contribution in [3.63, 3.8) is 0 Å². The number of hydrogen-bond donors (Lipinski definition) is 1. The number of hydrogen-bond acceptors (Lipinski definition) is 4. The average Bonchev–Trinajstić information content (AvgIpc) is 3.11. The third-order valence-corrected chi connectivity index (χ3v) is 5.77. The van der Waals surface area contributed by atoms with Crippen LogP contribution in [0.2, 0.25) is 0 Å². The molecule has 0 unspecified atom stereocenters. The number of aromatic amines is 1. The Hall–Kier alpha value is -2.53. The van der Waals surface area contributed by atoms with Crippen molar-refractivity contribution in [3.05, 3.63) is 68.8 Å². The van der Waals surface area contributed by atoms with E-state index in [-0.39, 0.29) is 5.78 Å². The van der Waals surface area contributed by atoms with Crippen LogP contribution in [0.1, 0.15) is 70.7 Å². The maximum atomic E-state index is 12.5. The second-order valence-electron chi connectivity index (χ2n) is 7.19. The number of thioether (sulfide) groups is 1. The van der Waals surface area contributed by atoms with E-state index in [0.717, 1.165) is 46.6 Å². The summed E-state index contributed by atoms with van der Waals surface area (Å²) in [6, 6.07) is 0. The summed E-state index contributed by atoms with van der Waals surface area (Å²) in [5.41, 5.74) is 5.43. The zero-order valence-electron chi connectivity index (χ0n) is 19.8. The third-order valence-electron chi connectivity index (χ3n) is 4.66. The second kappa shape index (κ2) is 13.7. The van der Waals surface area contributed by atoms with Crippen molar-refractivity contribution in [2.75, 3.05) is 7.11 Å². The van der Waals surface area contributed by atoms with Gasteiger partial charge in [-0.25, -0.2) is 4.79 Å². The molecule has 0 atom stereocenters. The predicted molar refractivity (Wildman–Crippen MR) is 134 cm³/mol. The van der Waals surface area contributed by atoms with Crippen molar-refractivity contribution >= 4 is 35.2 Å². The van der Waals surface area contributed by atoms with Crippen molar-refractivity contribution in [1.29, 1.82) is 0 Å². The molecule has 0 bridgehead atoms. The number of esters is 1. The van der Waals surface area contributed by atoms with Crippen molar-refractivity contribution < 1.29 is 14.3 Å². The summed E-state index contributed by atoms with van der Waals surface area (Å²) in [5, 5.41) is 2.06. The Bertz CT molecular complexity index is 926. The van der Waals surface area contributed by atoms with Crippen LogP contribution in [0.15, 0.2) is 52.0 Å². The molecular weight excluding hydrogens is 406 g/mol. The van der Waals surface area contributed by atoms with Gasteiger partial charge in [0, 0.05) is 33.5 Å². The molecule has 0 amide bonds. The second-order valence-corrected chi connectivity index (χ2v) is 8.10. The molecule has 1 heterocycles. The van der Waals surface area contributed by atoms with Crippen LogP contribution in [0.4, 0.5) is 0 Å². The average molecular weight is 442 g/mol. The van der Waals surface area contributed by atoms with E-state index in [9.17, 15) is 9.59 Å². The molecule has 1 rings (SSSR count). The van der Waals surface area contributed by atoms with E-state index in [1.165, 1.54) is 25.8 Å². The number of aryl methyl sites for hydroxylation is 1. The minimum absolute atomic E-state index is 0.0864. The number of nitrogens with one attached hydrogen (secondary N) is 1. The highest BCUT2D eigenvalue weighted by Crippen LogP contribution is 2.32. The van der Waals surface area contributed by atoms with Crippen LogP contribution in [0.25, 0.3) is 11.6 Å². The molecule has 168 valence electrons. The topological polar surface area (TPSA) is 59.2 Å². The molecule has 0 saturated carbocycles. The van der Waals surface area contributed by atoms with E-state index in [0.29, 0.717) is 11.1 Å². The number of unbranched alkanes of at least 4 members (excludes halogenated alkanes) is 1. The highest BCUT2D eigenvalue weighted by Gasteiger charge is 2.15. The van der Waals surface area contributed by atoms with Gasteiger partial charge in [-0.05, 0) is 57.6 Å². The molecule has 1 aromatic heterocycles. The van der Waals surface area contributed by atoms with Gasteiger partial charge in [-0.2, -0.15) is 0 Å². The van der Waals surface area contributed by atoms with Crippen LogP contribution in [0, 0.1) is 6.92 Å². The summed E-state index contributed by atoms with van der Waals surface area (Å²) >= 11 is 1.50. The Kier molecular flexibility index (Phi) is 11.7. The van der Waals surface area contributed by atoms with Crippen LogP contribution in [0.5, 0.6) is 0 Å². The number of Topliss-reactive ketones (excluding diaryl/α,β-unsaturated/α-hetero) is 1. The quantitative estimate of drug-likeness (QED) is 0.225. The first kappa shape index (κ1) is 26.5. The van der Waals surface area contributed by atoms with Gasteiger partial charge in [-0.3, -0.25) is 4.79 Å². The molecular formula is C26H35NO3S. The maximum Gasteiger partial charge on any atom is 0.337 e. The van der Waals surface area contributed by atoms with Gasteiger partial charge in [0.1, 0.15) is 0 Å². The molecule has 0 saturated heterocycles. The summed E-state index contributed by atoms with van der Waals surface area (Å²) in [6.07, 6.45) is 14.1. The van der Waals surface area contributed by atoms with E-state index < -0.39 is 5.97 Å². The summed E-state index contributed by atoms with van der Waals surface area (Å²) in [6.45, 7) is 11.7. The lowest BCUT2D eigenvalue weighted by Gasteiger charge is -2.10. The van der Waals surface area contributed by atoms with Gasteiger partial charge in [-0.1, -0.05) is 56.3 Å². The van der Waals surface area contributed by atoms with E-state index in [4.69, 9.17) is 4.74 Å². The fraction of sp³-hybridized carbons (Fsp3) is 0.385. The van der Waals surface area contributed by atoms with Gasteiger partial charge >= 0.3 is 5.97 Å². The molecule has 0 radical (unpaired) electrons. The zero-order chi connectivity index (χ0) is 23.4. The number of H-pyrrole nitrogens is 1. The van der Waals surface area contributed by atoms with Crippen molar-refractivity contribution in [1.82, 2.24) is 4.98 Å². The lowest BCUT2D eigenvalue weighted by atomic mass is 10.1. The Labute approximate surface area is 191 Å². The van der Waals surface area contributed by atoms with Crippen LogP contribution in [0.3, 0.4) is 0 Å². The van der Waals surface area contributed by atoms with E-state index in [1.807, 2.05) is 45.2 Å². The third kappa shape index (κ3) is 7.91. The van der Waals surface area contributed by atoms with Crippen molar-refractivity contribution in [3.8, 4) is 0 Å². The van der Waals surface area contributed by atoms with Gasteiger partial charge in [0.2, 0.25) is 0 Å². The highest BCUT2D eigenvalue weighted by atomic mass is 32.2. The Morgan fingerprint density at radius 2 is 1.90 bits per heavy atom. The van der Waals surface area contributed by atoms with Crippen LogP contribution in [-0.4, -0.2) is 23.8 Å². The number of methoxy groups -OCH3 is 1. The minimum Gasteiger partial charge on any atom is -0.465 e. The van der Waals surface area contributed by atoms with Crippen LogP contribution >= 0.6 is 11.8 Å². The Morgan fingerprint density at radius 1 is 1.19 bits per heavy atom. The SMILES string of the molecule is C/C=C\c1c(/C(C)=C/SC(=C\CC)/C(=C/C(=C\CCC)C(=O)OC)C(C)=O)c[nH]c1C. The fourth-order valence-corrected chi connectivity index (χ4v) is 4.01. The summed E-state index contributed by atoms with van der Waals surface area (Å²) < 4.78 is 4.91. The lowest BCUT2D eigenvalue weighted by Crippen LogP contribution is -2.06. The van der Waals surface area contributed by atoms with E-state index >= 15 is 0 Å². The van der Waals surface area contributed by atoms with Crippen molar-refractivity contribution in [2.24, 2.45) is 0 Å². The van der Waals surface area contributed by atoms with Crippen LogP contribution in [-0.2, 0) is 14.3 Å². The molecule has 0 aromatic carbocycles. The molecule has 1 aromatic rings. The number of carbonyl (C=O) groups excluding carboxylic acids is 2. The van der Waals surface area contributed by atoms with Gasteiger partial charge in [0.25, 0.3) is 0 Å². The molecule has 0 spiro atoms. The number of ether oxygens (including phenoxy) is 1. The van der Waals surface area contributed by atoms with E-state index in [2.05, 4.69) is 30.3 Å². The lowest BCUT2D eigenvalue weighted by molar-refractivity contribution is -0.135.